The number of nitrogens with zero attached hydrogens (tertiary/aromatic N) is 2. The molecule has 180 valence electrons. The molecule has 0 aliphatic heterocycles. The Morgan fingerprint density at radius 1 is 0.447 bits per heavy atom. The van der Waals surface area contributed by atoms with Crippen molar-refractivity contribution < 1.29 is 0 Å². The summed E-state index contributed by atoms with van der Waals surface area (Å²) in [6.07, 6.45) is 0. The third kappa shape index (κ3) is 4.02. The van der Waals surface area contributed by atoms with Crippen molar-refractivity contribution in [3.8, 4) is 39.3 Å². The van der Waals surface area contributed by atoms with Gasteiger partial charge in [0.2, 0.25) is 0 Å². The molecule has 2 aromatic heterocycles. The van der Waals surface area contributed by atoms with Crippen molar-refractivity contribution in [3.05, 3.63) is 144 Å². The predicted octanol–water partition coefficient (Wildman–Crippen LogP) is 9.94. The number of hydrogen-bond donors (Lipinski definition) is 0. The Morgan fingerprint density at radius 2 is 1.05 bits per heavy atom. The van der Waals surface area contributed by atoms with Crippen LogP contribution in [0, 0.1) is 0 Å². The summed E-state index contributed by atoms with van der Waals surface area (Å²) in [5.74, 6) is 0. The fraction of sp³-hybridized carbons (Fsp3) is 0. The Hall–Kier alpha value is -4.47. The second-order valence-electron chi connectivity index (χ2n) is 9.42. The van der Waals surface area contributed by atoms with E-state index in [9.17, 15) is 0 Å². The first-order valence-corrected chi connectivity index (χ1v) is 13.5. The number of benzene rings is 5. The van der Waals surface area contributed by atoms with Gasteiger partial charge in [0.1, 0.15) is 0 Å². The monoisotopic (exact) mass is 550 g/mol. The average molecular weight is 551 g/mol. The van der Waals surface area contributed by atoms with Crippen LogP contribution in [-0.2, 0) is 0 Å². The quantitative estimate of drug-likeness (QED) is 0.213. The molecule has 0 bridgehead atoms. The Kier molecular flexibility index (Phi) is 5.64. The van der Waals surface area contributed by atoms with Crippen molar-refractivity contribution in [2.24, 2.45) is 0 Å². The van der Waals surface area contributed by atoms with Crippen LogP contribution in [-0.4, -0.2) is 9.55 Å². The summed E-state index contributed by atoms with van der Waals surface area (Å²) in [6.45, 7) is 0. The number of hydrogen-bond acceptors (Lipinski definition) is 1. The van der Waals surface area contributed by atoms with Crippen LogP contribution in [0.4, 0.5) is 0 Å². The topological polar surface area (TPSA) is 17.8 Å². The first-order valence-electron chi connectivity index (χ1n) is 12.7. The van der Waals surface area contributed by atoms with Gasteiger partial charge in [0.15, 0.2) is 0 Å². The molecule has 7 rings (SSSR count). The molecule has 5 aromatic carbocycles. The Bertz CT molecular complexity index is 1860. The number of fused-ring (bicyclic) bond motifs is 3. The van der Waals surface area contributed by atoms with Crippen molar-refractivity contribution in [2.45, 2.75) is 0 Å². The summed E-state index contributed by atoms with van der Waals surface area (Å²) in [5.41, 5.74) is 9.97. The molecule has 0 unspecified atom stereocenters. The largest absolute Gasteiger partial charge is 0.309 e. The molecular formula is C35H23BrN2. The fourth-order valence-corrected chi connectivity index (χ4v) is 5.62. The summed E-state index contributed by atoms with van der Waals surface area (Å²) >= 11 is 3.66. The molecule has 38 heavy (non-hydrogen) atoms. The van der Waals surface area contributed by atoms with Crippen molar-refractivity contribution in [3.63, 3.8) is 0 Å². The second-order valence-corrected chi connectivity index (χ2v) is 10.3. The lowest BCUT2D eigenvalue weighted by Crippen LogP contribution is -1.95. The fourth-order valence-electron chi connectivity index (χ4n) is 5.26. The van der Waals surface area contributed by atoms with Gasteiger partial charge in [0.05, 0.1) is 22.4 Å². The molecule has 0 aliphatic carbocycles. The van der Waals surface area contributed by atoms with Crippen LogP contribution in [0.15, 0.2) is 144 Å². The molecule has 0 fully saturated rings. The lowest BCUT2D eigenvalue weighted by Gasteiger charge is -2.13. The van der Waals surface area contributed by atoms with E-state index in [4.69, 9.17) is 4.98 Å². The van der Waals surface area contributed by atoms with E-state index in [-0.39, 0.29) is 0 Å². The molecule has 3 heteroatoms. The van der Waals surface area contributed by atoms with E-state index in [1.165, 1.54) is 21.8 Å². The van der Waals surface area contributed by atoms with Crippen molar-refractivity contribution in [1.82, 2.24) is 9.55 Å². The van der Waals surface area contributed by atoms with E-state index in [0.717, 1.165) is 43.8 Å². The maximum atomic E-state index is 5.05. The minimum Gasteiger partial charge on any atom is -0.309 e. The van der Waals surface area contributed by atoms with Crippen molar-refractivity contribution >= 4 is 37.7 Å². The second kappa shape index (κ2) is 9.44. The number of aromatic nitrogens is 2. The van der Waals surface area contributed by atoms with Gasteiger partial charge in [0, 0.05) is 32.1 Å². The van der Waals surface area contributed by atoms with E-state index in [1.807, 2.05) is 12.1 Å². The Morgan fingerprint density at radius 3 is 1.76 bits per heavy atom. The SMILES string of the molecule is Brc1ccc2c(c1)c1ccccc1n2-c1cccc(-c2cc(-c3ccccc3)nc(-c3ccccc3)c2)c1. The van der Waals surface area contributed by atoms with Crippen LogP contribution in [0.3, 0.4) is 0 Å². The summed E-state index contributed by atoms with van der Waals surface area (Å²) in [4.78, 5) is 5.05. The van der Waals surface area contributed by atoms with Crippen LogP contribution in [0.2, 0.25) is 0 Å². The molecule has 0 amide bonds. The zero-order valence-corrected chi connectivity index (χ0v) is 22.1. The molecule has 0 aliphatic rings. The van der Waals surface area contributed by atoms with Crippen LogP contribution < -0.4 is 0 Å². The highest BCUT2D eigenvalue weighted by Gasteiger charge is 2.14. The minimum atomic E-state index is 0.967. The highest BCUT2D eigenvalue weighted by molar-refractivity contribution is 9.10. The van der Waals surface area contributed by atoms with Gasteiger partial charge < -0.3 is 4.57 Å². The van der Waals surface area contributed by atoms with Crippen molar-refractivity contribution in [1.29, 1.82) is 0 Å². The zero-order valence-electron chi connectivity index (χ0n) is 20.6. The molecule has 2 nitrogen and oxygen atoms in total. The zero-order chi connectivity index (χ0) is 25.5. The molecule has 2 heterocycles. The highest BCUT2D eigenvalue weighted by Crippen LogP contribution is 2.36. The van der Waals surface area contributed by atoms with Gasteiger partial charge in [-0.2, -0.15) is 0 Å². The summed E-state index contributed by atoms with van der Waals surface area (Å²) in [7, 11) is 0. The average Bonchev–Trinajstić information content (AvgIpc) is 3.31. The van der Waals surface area contributed by atoms with Crippen LogP contribution in [0.25, 0.3) is 61.1 Å². The van der Waals surface area contributed by atoms with Crippen LogP contribution in [0.1, 0.15) is 0 Å². The smallest absolute Gasteiger partial charge is 0.0715 e. The predicted molar refractivity (Wildman–Crippen MR) is 163 cm³/mol. The molecule has 0 saturated heterocycles. The standard InChI is InChI=1S/C35H23BrN2/c36-28-18-19-35-31(23-28)30-16-7-8-17-34(30)38(35)29-15-9-14-26(20-29)27-21-32(24-10-3-1-4-11-24)37-33(22-27)25-12-5-2-6-13-25/h1-23H. The van der Waals surface area contributed by atoms with Crippen molar-refractivity contribution in [2.75, 3.05) is 0 Å². The molecule has 7 aromatic rings. The van der Waals surface area contributed by atoms with Gasteiger partial charge in [-0.3, -0.25) is 0 Å². The first-order chi connectivity index (χ1) is 18.7. The van der Waals surface area contributed by atoms with Crippen LogP contribution >= 0.6 is 15.9 Å². The first kappa shape index (κ1) is 22.7. The number of rotatable bonds is 4. The normalized spacial score (nSPS) is 11.3. The highest BCUT2D eigenvalue weighted by atomic mass is 79.9. The van der Waals surface area contributed by atoms with Gasteiger partial charge in [-0.05, 0) is 59.7 Å². The summed E-state index contributed by atoms with van der Waals surface area (Å²) in [5, 5.41) is 2.48. The van der Waals surface area contributed by atoms with Gasteiger partial charge in [0.25, 0.3) is 0 Å². The summed E-state index contributed by atoms with van der Waals surface area (Å²) < 4.78 is 3.44. The number of pyridine rings is 1. The maximum absolute atomic E-state index is 5.05. The third-order valence-corrected chi connectivity index (χ3v) is 7.53. The molecular weight excluding hydrogens is 528 g/mol. The Balaban J connectivity index is 1.44. The maximum Gasteiger partial charge on any atom is 0.0715 e. The van der Waals surface area contributed by atoms with Crippen LogP contribution in [0.5, 0.6) is 0 Å². The molecule has 0 saturated carbocycles. The van der Waals surface area contributed by atoms with Gasteiger partial charge >= 0.3 is 0 Å². The lowest BCUT2D eigenvalue weighted by atomic mass is 9.99. The minimum absolute atomic E-state index is 0.967. The van der Waals surface area contributed by atoms with E-state index < -0.39 is 0 Å². The van der Waals surface area contributed by atoms with E-state index in [1.54, 1.807) is 0 Å². The number of halogens is 1. The van der Waals surface area contributed by atoms with Gasteiger partial charge in [-0.25, -0.2) is 4.98 Å². The number of para-hydroxylation sites is 1. The van der Waals surface area contributed by atoms with Gasteiger partial charge in [-0.15, -0.1) is 0 Å². The molecule has 0 N–H and O–H groups in total. The van der Waals surface area contributed by atoms with E-state index >= 15 is 0 Å². The van der Waals surface area contributed by atoms with Gasteiger partial charge in [-0.1, -0.05) is 107 Å². The molecule has 0 atom stereocenters. The van der Waals surface area contributed by atoms with E-state index in [2.05, 4.69) is 148 Å². The molecule has 0 radical (unpaired) electrons. The third-order valence-electron chi connectivity index (χ3n) is 7.04. The molecule has 0 spiro atoms. The lowest BCUT2D eigenvalue weighted by molar-refractivity contribution is 1.18. The summed E-state index contributed by atoms with van der Waals surface area (Å²) in [6, 6.07) is 49.1. The van der Waals surface area contributed by atoms with E-state index in [0.29, 0.717) is 0 Å². The Labute approximate surface area is 230 Å².